The van der Waals surface area contributed by atoms with E-state index in [1.165, 1.54) is 18.5 Å². The van der Waals surface area contributed by atoms with Crippen LogP contribution in [0.2, 0.25) is 0 Å². The minimum absolute atomic E-state index is 0.0457. The summed E-state index contributed by atoms with van der Waals surface area (Å²) in [4.78, 5) is 9.50. The van der Waals surface area contributed by atoms with E-state index in [-0.39, 0.29) is 11.9 Å². The summed E-state index contributed by atoms with van der Waals surface area (Å²) in [6.07, 6.45) is 1.48. The van der Waals surface area contributed by atoms with Crippen molar-refractivity contribution in [3.8, 4) is 5.75 Å². The van der Waals surface area contributed by atoms with Crippen LogP contribution >= 0.6 is 11.3 Å². The number of nitrogens with zero attached hydrogens (tertiary/aromatic N) is 2. The smallest absolute Gasteiger partial charge is 0.146 e. The molecule has 3 rings (SSSR count). The summed E-state index contributed by atoms with van der Waals surface area (Å²) in [5.41, 5.74) is 1.79. The molecule has 0 radical (unpaired) electrons. The molecule has 0 aliphatic carbocycles. The maximum Gasteiger partial charge on any atom is 0.146 e. The molecule has 6 heteroatoms. The van der Waals surface area contributed by atoms with Crippen molar-refractivity contribution in [2.45, 2.75) is 26.9 Å². The third-order valence-corrected chi connectivity index (χ3v) is 4.12. The Morgan fingerprint density at radius 2 is 2.09 bits per heavy atom. The zero-order chi connectivity index (χ0) is 15.7. The summed E-state index contributed by atoms with van der Waals surface area (Å²) in [5, 5.41) is 6.26. The number of aromatic nitrogens is 2. The van der Waals surface area contributed by atoms with E-state index < -0.39 is 0 Å². The molecule has 2 heterocycles. The van der Waals surface area contributed by atoms with Gasteiger partial charge in [0.05, 0.1) is 17.2 Å². The molecule has 22 heavy (non-hydrogen) atoms. The van der Waals surface area contributed by atoms with E-state index in [0.717, 1.165) is 15.8 Å². The number of halogens is 1. The zero-order valence-corrected chi connectivity index (χ0v) is 13.4. The van der Waals surface area contributed by atoms with Gasteiger partial charge in [-0.1, -0.05) is 0 Å². The predicted octanol–water partition coefficient (Wildman–Crippen LogP) is 4.67. The first-order chi connectivity index (χ1) is 10.5. The molecule has 0 aliphatic rings. The van der Waals surface area contributed by atoms with E-state index in [0.29, 0.717) is 17.3 Å². The molecule has 0 spiro atoms. The first-order valence-electron chi connectivity index (χ1n) is 6.96. The Morgan fingerprint density at radius 1 is 1.27 bits per heavy atom. The SMILES string of the molecule is Cc1csc2ncnc(Nc3ccc(F)cc3OC(C)C)c12. The first kappa shape index (κ1) is 14.7. The number of fused-ring (bicyclic) bond motifs is 1. The topological polar surface area (TPSA) is 47.0 Å². The monoisotopic (exact) mass is 317 g/mol. The molecule has 0 aliphatic heterocycles. The van der Waals surface area contributed by atoms with Gasteiger partial charge in [-0.05, 0) is 43.8 Å². The largest absolute Gasteiger partial charge is 0.489 e. The minimum Gasteiger partial charge on any atom is -0.489 e. The highest BCUT2D eigenvalue weighted by molar-refractivity contribution is 7.17. The van der Waals surface area contributed by atoms with E-state index in [2.05, 4.69) is 15.3 Å². The second kappa shape index (κ2) is 5.88. The van der Waals surface area contributed by atoms with E-state index in [4.69, 9.17) is 4.74 Å². The van der Waals surface area contributed by atoms with Gasteiger partial charge in [0, 0.05) is 6.07 Å². The standard InChI is InChI=1S/C16H16FN3OS/c1-9(2)21-13-6-11(17)4-5-12(13)20-15-14-10(3)7-22-16(14)19-8-18-15/h4-9H,1-3H3,(H,18,19,20). The number of nitrogens with one attached hydrogen (secondary N) is 1. The van der Waals surface area contributed by atoms with Crippen LogP contribution in [0.5, 0.6) is 5.75 Å². The second-order valence-electron chi connectivity index (χ2n) is 5.25. The van der Waals surface area contributed by atoms with E-state index in [1.54, 1.807) is 17.4 Å². The van der Waals surface area contributed by atoms with Crippen LogP contribution in [0.25, 0.3) is 10.2 Å². The number of anilines is 2. The fraction of sp³-hybridized carbons (Fsp3) is 0.250. The predicted molar refractivity (Wildman–Crippen MR) is 87.6 cm³/mol. The molecule has 4 nitrogen and oxygen atoms in total. The van der Waals surface area contributed by atoms with Gasteiger partial charge in [-0.2, -0.15) is 0 Å². The maximum atomic E-state index is 13.5. The molecule has 1 aromatic carbocycles. The van der Waals surface area contributed by atoms with Gasteiger partial charge in [0.2, 0.25) is 0 Å². The highest BCUT2D eigenvalue weighted by Gasteiger charge is 2.12. The van der Waals surface area contributed by atoms with Crippen molar-refractivity contribution >= 4 is 33.1 Å². The Bertz CT molecular complexity index is 816. The molecule has 114 valence electrons. The van der Waals surface area contributed by atoms with Crippen molar-refractivity contribution in [1.29, 1.82) is 0 Å². The average molecular weight is 317 g/mol. The lowest BCUT2D eigenvalue weighted by Crippen LogP contribution is -2.08. The Kier molecular flexibility index (Phi) is 3.94. The van der Waals surface area contributed by atoms with Gasteiger partial charge < -0.3 is 10.1 Å². The van der Waals surface area contributed by atoms with Crippen LogP contribution in [0.3, 0.4) is 0 Å². The third kappa shape index (κ3) is 2.87. The number of hydrogen-bond donors (Lipinski definition) is 1. The van der Waals surface area contributed by atoms with Crippen LogP contribution in [0.4, 0.5) is 15.9 Å². The van der Waals surface area contributed by atoms with Crippen LogP contribution < -0.4 is 10.1 Å². The summed E-state index contributed by atoms with van der Waals surface area (Å²) in [6, 6.07) is 4.43. The molecule has 0 atom stereocenters. The van der Waals surface area contributed by atoms with Crippen LogP contribution in [0.1, 0.15) is 19.4 Å². The summed E-state index contributed by atoms with van der Waals surface area (Å²) < 4.78 is 19.2. The molecule has 0 saturated carbocycles. The number of aryl methyl sites for hydroxylation is 1. The average Bonchev–Trinajstić information content (AvgIpc) is 2.84. The van der Waals surface area contributed by atoms with Gasteiger partial charge in [0.15, 0.2) is 0 Å². The third-order valence-electron chi connectivity index (χ3n) is 3.11. The van der Waals surface area contributed by atoms with Crippen molar-refractivity contribution in [3.05, 3.63) is 41.3 Å². The van der Waals surface area contributed by atoms with Gasteiger partial charge >= 0.3 is 0 Å². The number of ether oxygens (including phenoxy) is 1. The van der Waals surface area contributed by atoms with Gasteiger partial charge in [-0.25, -0.2) is 14.4 Å². The fourth-order valence-corrected chi connectivity index (χ4v) is 3.08. The highest BCUT2D eigenvalue weighted by Crippen LogP contribution is 2.34. The molecule has 0 fully saturated rings. The fourth-order valence-electron chi connectivity index (χ4n) is 2.19. The molecular weight excluding hydrogens is 301 g/mol. The number of hydrogen-bond acceptors (Lipinski definition) is 5. The molecule has 2 aromatic heterocycles. The summed E-state index contributed by atoms with van der Waals surface area (Å²) >= 11 is 1.57. The Hall–Kier alpha value is -2.21. The lowest BCUT2D eigenvalue weighted by molar-refractivity contribution is 0.243. The molecular formula is C16H16FN3OS. The summed E-state index contributed by atoms with van der Waals surface area (Å²) in [7, 11) is 0. The van der Waals surface area contributed by atoms with Crippen molar-refractivity contribution in [2.24, 2.45) is 0 Å². The molecule has 0 unspecified atom stereocenters. The van der Waals surface area contributed by atoms with Gasteiger partial charge in [0.1, 0.15) is 28.5 Å². The summed E-state index contributed by atoms with van der Waals surface area (Å²) in [5.74, 6) is 0.833. The van der Waals surface area contributed by atoms with Crippen molar-refractivity contribution in [2.75, 3.05) is 5.32 Å². The van der Waals surface area contributed by atoms with Gasteiger partial charge in [-0.3, -0.25) is 0 Å². The van der Waals surface area contributed by atoms with Crippen LogP contribution in [-0.4, -0.2) is 16.1 Å². The molecule has 0 bridgehead atoms. The first-order valence-corrected chi connectivity index (χ1v) is 7.84. The van der Waals surface area contributed by atoms with Crippen molar-refractivity contribution in [1.82, 2.24) is 9.97 Å². The molecule has 3 aromatic rings. The summed E-state index contributed by atoms with van der Waals surface area (Å²) in [6.45, 7) is 5.82. The Morgan fingerprint density at radius 3 is 2.86 bits per heavy atom. The zero-order valence-electron chi connectivity index (χ0n) is 12.6. The van der Waals surface area contributed by atoms with E-state index in [9.17, 15) is 4.39 Å². The molecule has 0 amide bonds. The maximum absolute atomic E-state index is 13.5. The van der Waals surface area contributed by atoms with E-state index in [1.807, 2.05) is 26.2 Å². The van der Waals surface area contributed by atoms with Gasteiger partial charge in [-0.15, -0.1) is 11.3 Å². The van der Waals surface area contributed by atoms with Crippen LogP contribution in [-0.2, 0) is 0 Å². The lowest BCUT2D eigenvalue weighted by Gasteiger charge is -2.15. The van der Waals surface area contributed by atoms with Crippen molar-refractivity contribution in [3.63, 3.8) is 0 Å². The molecule has 1 N–H and O–H groups in total. The normalized spacial score (nSPS) is 11.1. The second-order valence-corrected chi connectivity index (χ2v) is 6.11. The van der Waals surface area contributed by atoms with Crippen LogP contribution in [0, 0.1) is 12.7 Å². The Balaban J connectivity index is 2.03. The highest BCUT2D eigenvalue weighted by atomic mass is 32.1. The number of thiophene rings is 1. The van der Waals surface area contributed by atoms with Crippen molar-refractivity contribution < 1.29 is 9.13 Å². The minimum atomic E-state index is -0.333. The quantitative estimate of drug-likeness (QED) is 0.759. The molecule has 0 saturated heterocycles. The number of rotatable bonds is 4. The van der Waals surface area contributed by atoms with E-state index >= 15 is 0 Å². The Labute approximate surface area is 132 Å². The van der Waals surface area contributed by atoms with Crippen LogP contribution in [0.15, 0.2) is 29.9 Å². The lowest BCUT2D eigenvalue weighted by atomic mass is 10.2. The van der Waals surface area contributed by atoms with Gasteiger partial charge in [0.25, 0.3) is 0 Å². The number of benzene rings is 1.